The van der Waals surface area contributed by atoms with E-state index in [4.69, 9.17) is 21.1 Å². The molecule has 10 heteroatoms. The minimum Gasteiger partial charge on any atom is -0.466 e. The van der Waals surface area contributed by atoms with Crippen LogP contribution in [0.1, 0.15) is 34.2 Å². The number of aryl methyl sites for hydroxylation is 2. The number of nitrogens with one attached hydrogen (secondary N) is 1. The Balaban J connectivity index is 1.89. The van der Waals surface area contributed by atoms with Crippen LogP contribution in [0.2, 0.25) is 5.15 Å². The van der Waals surface area contributed by atoms with Crippen LogP contribution in [0.3, 0.4) is 0 Å². The number of ether oxygens (including phenoxy) is 2. The number of esters is 2. The summed E-state index contributed by atoms with van der Waals surface area (Å²) in [6, 6.07) is 1.70. The minimum absolute atomic E-state index is 0.0212. The van der Waals surface area contributed by atoms with Gasteiger partial charge < -0.3 is 9.47 Å². The molecule has 2 heterocycles. The van der Waals surface area contributed by atoms with Gasteiger partial charge in [-0.15, -0.1) is 11.3 Å². The van der Waals surface area contributed by atoms with E-state index in [2.05, 4.69) is 15.3 Å². The zero-order valence-corrected chi connectivity index (χ0v) is 16.6. The quantitative estimate of drug-likeness (QED) is 0.551. The van der Waals surface area contributed by atoms with Crippen LogP contribution in [0.25, 0.3) is 0 Å². The highest BCUT2D eigenvalue weighted by molar-refractivity contribution is 7.13. The molecule has 2 aromatic heterocycles. The Morgan fingerprint density at radius 2 is 1.96 bits per heavy atom. The first-order chi connectivity index (χ1) is 12.8. The fourth-order valence-electron chi connectivity index (χ4n) is 2.20. The molecule has 8 nitrogen and oxygen atoms in total. The molecular weight excluding hydrogens is 394 g/mol. The second-order valence-electron chi connectivity index (χ2n) is 5.50. The van der Waals surface area contributed by atoms with Crippen molar-refractivity contribution in [2.45, 2.75) is 27.2 Å². The number of anilines is 1. The van der Waals surface area contributed by atoms with Crippen LogP contribution in [-0.2, 0) is 25.5 Å². The SMILES string of the molecule is CCOC(=O)Cc1csc(NC(=O)COC(=O)c2c(C)cc(C)nc2Cl)n1. The van der Waals surface area contributed by atoms with Gasteiger partial charge in [-0.1, -0.05) is 11.6 Å². The predicted octanol–water partition coefficient (Wildman–Crippen LogP) is 2.71. The van der Waals surface area contributed by atoms with Gasteiger partial charge in [0.2, 0.25) is 0 Å². The number of pyridine rings is 1. The Morgan fingerprint density at radius 3 is 2.63 bits per heavy atom. The standard InChI is InChI=1S/C17H18ClN3O5S/c1-4-25-13(23)6-11-8-27-17(20-11)21-12(22)7-26-16(24)14-9(2)5-10(3)19-15(14)18/h5,8H,4,6-7H2,1-3H3,(H,20,21,22). The lowest BCUT2D eigenvalue weighted by molar-refractivity contribution is -0.142. The van der Waals surface area contributed by atoms with Crippen LogP contribution in [-0.4, -0.2) is 41.0 Å². The molecule has 0 saturated heterocycles. The third kappa shape index (κ3) is 6.00. The molecule has 0 aliphatic carbocycles. The molecule has 144 valence electrons. The normalized spacial score (nSPS) is 10.4. The molecular formula is C17H18ClN3O5S. The largest absolute Gasteiger partial charge is 0.466 e. The number of hydrogen-bond acceptors (Lipinski definition) is 8. The van der Waals surface area contributed by atoms with Gasteiger partial charge in [-0.05, 0) is 32.4 Å². The van der Waals surface area contributed by atoms with E-state index in [0.717, 1.165) is 11.3 Å². The fourth-order valence-corrected chi connectivity index (χ4v) is 3.29. The van der Waals surface area contributed by atoms with Crippen molar-refractivity contribution >= 4 is 45.9 Å². The Hall–Kier alpha value is -2.52. The summed E-state index contributed by atoms with van der Waals surface area (Å²) >= 11 is 7.14. The van der Waals surface area contributed by atoms with Crippen LogP contribution in [0.15, 0.2) is 11.4 Å². The second-order valence-corrected chi connectivity index (χ2v) is 6.71. The molecule has 1 N–H and O–H groups in total. The van der Waals surface area contributed by atoms with E-state index < -0.39 is 24.5 Å². The second kappa shape index (κ2) is 9.43. The number of hydrogen-bond donors (Lipinski definition) is 1. The van der Waals surface area contributed by atoms with Crippen molar-refractivity contribution in [1.29, 1.82) is 0 Å². The Morgan fingerprint density at radius 1 is 1.22 bits per heavy atom. The number of rotatable bonds is 7. The molecule has 0 unspecified atom stereocenters. The summed E-state index contributed by atoms with van der Waals surface area (Å²) in [5, 5.41) is 4.46. The maximum absolute atomic E-state index is 12.2. The lowest BCUT2D eigenvalue weighted by atomic mass is 10.1. The Bertz CT molecular complexity index is 845. The first-order valence-electron chi connectivity index (χ1n) is 8.00. The van der Waals surface area contributed by atoms with Gasteiger partial charge in [0.25, 0.3) is 5.91 Å². The summed E-state index contributed by atoms with van der Waals surface area (Å²) in [6.45, 7) is 4.96. The molecule has 0 radical (unpaired) electrons. The highest BCUT2D eigenvalue weighted by Gasteiger charge is 2.18. The lowest BCUT2D eigenvalue weighted by Gasteiger charge is -2.09. The van der Waals surface area contributed by atoms with Gasteiger partial charge in [0.1, 0.15) is 5.15 Å². The van der Waals surface area contributed by atoms with Gasteiger partial charge in [-0.25, -0.2) is 14.8 Å². The molecule has 0 bridgehead atoms. The maximum atomic E-state index is 12.2. The number of halogens is 1. The van der Waals surface area contributed by atoms with Crippen LogP contribution in [0, 0.1) is 13.8 Å². The maximum Gasteiger partial charge on any atom is 0.342 e. The molecule has 0 spiro atoms. The average Bonchev–Trinajstić information content (AvgIpc) is 2.99. The molecule has 27 heavy (non-hydrogen) atoms. The molecule has 1 amide bonds. The first-order valence-corrected chi connectivity index (χ1v) is 9.26. The van der Waals surface area contributed by atoms with Gasteiger partial charge >= 0.3 is 11.9 Å². The van der Waals surface area contributed by atoms with Crippen molar-refractivity contribution in [2.75, 3.05) is 18.5 Å². The molecule has 0 aliphatic heterocycles. The van der Waals surface area contributed by atoms with Crippen molar-refractivity contribution in [2.24, 2.45) is 0 Å². The fraction of sp³-hybridized carbons (Fsp3) is 0.353. The van der Waals surface area contributed by atoms with Crippen molar-refractivity contribution < 1.29 is 23.9 Å². The Kier molecular flexibility index (Phi) is 7.26. The van der Waals surface area contributed by atoms with Gasteiger partial charge in [-0.2, -0.15) is 0 Å². The lowest BCUT2D eigenvalue weighted by Crippen LogP contribution is -2.21. The molecule has 0 aliphatic rings. The summed E-state index contributed by atoms with van der Waals surface area (Å²) in [7, 11) is 0. The van der Waals surface area contributed by atoms with Crippen molar-refractivity contribution in [3.05, 3.63) is 39.1 Å². The smallest absolute Gasteiger partial charge is 0.342 e. The Labute approximate surface area is 164 Å². The van der Waals surface area contributed by atoms with Crippen LogP contribution < -0.4 is 5.32 Å². The highest BCUT2D eigenvalue weighted by Crippen LogP contribution is 2.20. The van der Waals surface area contributed by atoms with E-state index in [1.54, 1.807) is 32.2 Å². The van der Waals surface area contributed by atoms with Crippen molar-refractivity contribution in [3.8, 4) is 0 Å². The zero-order valence-electron chi connectivity index (χ0n) is 15.0. The molecule has 2 aromatic rings. The number of thiazole rings is 1. The van der Waals surface area contributed by atoms with Crippen molar-refractivity contribution in [3.63, 3.8) is 0 Å². The highest BCUT2D eigenvalue weighted by atomic mass is 35.5. The zero-order chi connectivity index (χ0) is 20.0. The number of amides is 1. The average molecular weight is 412 g/mol. The number of aromatic nitrogens is 2. The van der Waals surface area contributed by atoms with E-state index in [0.29, 0.717) is 22.1 Å². The van der Waals surface area contributed by atoms with E-state index in [9.17, 15) is 14.4 Å². The van der Waals surface area contributed by atoms with Crippen LogP contribution in [0.5, 0.6) is 0 Å². The summed E-state index contributed by atoms with van der Waals surface area (Å²) in [5.74, 6) is -1.69. The summed E-state index contributed by atoms with van der Waals surface area (Å²) in [4.78, 5) is 43.6. The summed E-state index contributed by atoms with van der Waals surface area (Å²) in [6.07, 6.45) is 0.0212. The van der Waals surface area contributed by atoms with Gasteiger partial charge in [0, 0.05) is 11.1 Å². The van der Waals surface area contributed by atoms with Crippen LogP contribution in [0.4, 0.5) is 5.13 Å². The van der Waals surface area contributed by atoms with Crippen LogP contribution >= 0.6 is 22.9 Å². The van der Waals surface area contributed by atoms with E-state index in [1.807, 2.05) is 0 Å². The molecule has 0 atom stereocenters. The monoisotopic (exact) mass is 411 g/mol. The predicted molar refractivity (Wildman–Crippen MR) is 100 cm³/mol. The molecule has 2 rings (SSSR count). The van der Waals surface area contributed by atoms with Gasteiger partial charge in [0.05, 0.1) is 24.3 Å². The molecule has 0 aromatic carbocycles. The topological polar surface area (TPSA) is 107 Å². The number of carbonyl (C=O) groups is 3. The summed E-state index contributed by atoms with van der Waals surface area (Å²) < 4.78 is 9.83. The van der Waals surface area contributed by atoms with E-state index in [1.165, 1.54) is 0 Å². The first kappa shape index (κ1) is 20.8. The van der Waals surface area contributed by atoms with E-state index in [-0.39, 0.29) is 23.7 Å². The van der Waals surface area contributed by atoms with Gasteiger partial charge in [0.15, 0.2) is 11.7 Å². The number of nitrogens with zero attached hydrogens (tertiary/aromatic N) is 2. The van der Waals surface area contributed by atoms with E-state index >= 15 is 0 Å². The molecule has 0 fully saturated rings. The third-order valence-corrected chi connectivity index (χ3v) is 4.35. The summed E-state index contributed by atoms with van der Waals surface area (Å²) in [5.41, 5.74) is 1.90. The minimum atomic E-state index is -0.734. The number of carbonyl (C=O) groups excluding carboxylic acids is 3. The van der Waals surface area contributed by atoms with Gasteiger partial charge in [-0.3, -0.25) is 14.9 Å². The third-order valence-electron chi connectivity index (χ3n) is 3.27. The molecule has 0 saturated carbocycles. The van der Waals surface area contributed by atoms with Crippen molar-refractivity contribution in [1.82, 2.24) is 9.97 Å².